The molecule has 66 heavy (non-hydrogen) atoms. The normalized spacial score (nSPS) is 14.8. The minimum atomic E-state index is -0.432. The summed E-state index contributed by atoms with van der Waals surface area (Å²) in [6, 6.07) is 85.2. The molecule has 0 atom stereocenters. The van der Waals surface area contributed by atoms with Gasteiger partial charge in [-0.3, -0.25) is 0 Å². The van der Waals surface area contributed by atoms with Crippen LogP contribution in [0.15, 0.2) is 244 Å². The topological polar surface area (TPSA) is 3.24 Å². The summed E-state index contributed by atoms with van der Waals surface area (Å²) in [6.07, 6.45) is 0. The molecule has 1 aromatic heterocycles. The molecule has 0 N–H and O–H groups in total. The van der Waals surface area contributed by atoms with Crippen LogP contribution in [0, 0.1) is 0 Å². The molecule has 0 fully saturated rings. The van der Waals surface area contributed by atoms with Gasteiger partial charge in [-0.15, -0.1) is 11.3 Å². The summed E-state index contributed by atoms with van der Waals surface area (Å²) in [7, 11) is 0. The maximum atomic E-state index is 2.52. The van der Waals surface area contributed by atoms with E-state index in [-0.39, 0.29) is 0 Å². The molecule has 308 valence electrons. The fraction of sp³-hybridized carbons (Fsp3) is 0.0323. The lowest BCUT2D eigenvalue weighted by molar-refractivity contribution is 0.722. The van der Waals surface area contributed by atoms with Gasteiger partial charge in [0.1, 0.15) is 0 Å². The van der Waals surface area contributed by atoms with Crippen molar-refractivity contribution in [3.8, 4) is 22.3 Å². The van der Waals surface area contributed by atoms with E-state index in [1.807, 2.05) is 34.9 Å². The van der Waals surface area contributed by atoms with Gasteiger partial charge in [0.2, 0.25) is 0 Å². The Morgan fingerprint density at radius 1 is 0.273 bits per heavy atom. The van der Waals surface area contributed by atoms with E-state index in [4.69, 9.17) is 0 Å². The molecule has 15 rings (SSSR count). The Kier molecular flexibility index (Phi) is 7.73. The van der Waals surface area contributed by atoms with Crippen LogP contribution in [0.3, 0.4) is 0 Å². The van der Waals surface area contributed by atoms with Crippen LogP contribution in [0.5, 0.6) is 0 Å². The molecule has 0 saturated carbocycles. The number of nitrogens with zero attached hydrogens (tertiary/aromatic N) is 1. The van der Waals surface area contributed by atoms with Gasteiger partial charge < -0.3 is 4.90 Å². The van der Waals surface area contributed by atoms with Crippen LogP contribution in [0.4, 0.5) is 17.1 Å². The molecule has 0 bridgehead atoms. The first-order valence-electron chi connectivity index (χ1n) is 22.7. The number of hydrogen-bond acceptors (Lipinski definition) is 4. The molecule has 0 saturated heterocycles. The predicted molar refractivity (Wildman–Crippen MR) is 277 cm³/mol. The van der Waals surface area contributed by atoms with Crippen molar-refractivity contribution in [3.05, 3.63) is 269 Å². The van der Waals surface area contributed by atoms with Crippen LogP contribution >= 0.6 is 34.9 Å². The quantitative estimate of drug-likeness (QED) is 0.174. The third kappa shape index (κ3) is 4.78. The van der Waals surface area contributed by atoms with Gasteiger partial charge in [-0.25, -0.2) is 0 Å². The average Bonchev–Trinajstić information content (AvgIpc) is 3.99. The van der Waals surface area contributed by atoms with Crippen molar-refractivity contribution in [2.24, 2.45) is 0 Å². The number of benzene rings is 10. The zero-order valence-corrected chi connectivity index (χ0v) is 38.0. The van der Waals surface area contributed by atoms with Crippen LogP contribution in [0.2, 0.25) is 0 Å². The minimum absolute atomic E-state index is 0.432. The first-order valence-corrected chi connectivity index (χ1v) is 25.1. The van der Waals surface area contributed by atoms with Crippen molar-refractivity contribution < 1.29 is 0 Å². The Morgan fingerprint density at radius 3 is 1.14 bits per heavy atom. The first-order chi connectivity index (χ1) is 32.7. The first kappa shape index (κ1) is 37.2. The number of anilines is 3. The largest absolute Gasteiger partial charge is 0.310 e. The van der Waals surface area contributed by atoms with Crippen molar-refractivity contribution in [2.45, 2.75) is 30.4 Å². The monoisotopic (exact) mass is 891 g/mol. The van der Waals surface area contributed by atoms with E-state index in [9.17, 15) is 0 Å². The van der Waals surface area contributed by atoms with Crippen LogP contribution < -0.4 is 4.90 Å². The molecule has 0 unspecified atom stereocenters. The van der Waals surface area contributed by atoms with Gasteiger partial charge in [0.25, 0.3) is 0 Å². The van der Waals surface area contributed by atoms with Gasteiger partial charge in [-0.2, -0.15) is 0 Å². The van der Waals surface area contributed by atoms with Crippen molar-refractivity contribution in [3.63, 3.8) is 0 Å². The van der Waals surface area contributed by atoms with Crippen LogP contribution in [-0.4, -0.2) is 0 Å². The second-order valence-corrected chi connectivity index (χ2v) is 21.1. The van der Waals surface area contributed by atoms with Gasteiger partial charge in [0.05, 0.1) is 10.8 Å². The summed E-state index contributed by atoms with van der Waals surface area (Å²) in [5.41, 5.74) is 18.5. The zero-order chi connectivity index (χ0) is 43.1. The Bertz CT molecular complexity index is 3590. The van der Waals surface area contributed by atoms with Crippen molar-refractivity contribution >= 4 is 72.1 Å². The van der Waals surface area contributed by atoms with E-state index in [0.717, 1.165) is 17.1 Å². The Labute approximate surface area is 396 Å². The Hall–Kier alpha value is -7.08. The summed E-state index contributed by atoms with van der Waals surface area (Å²) >= 11 is 5.66. The standard InChI is InChI=1S/C62H37NS3/c1-4-18-47-41(15-1)44-35-38(29-32-49(44)61(47)51-20-6-11-25-57(51)65-58-26-12-7-21-52(58)61)63(40-31-34-56-46(37-40)43-17-3-10-24-55(43)64-56)39-30-33-50-45(36-39)42-16-2-5-19-48(42)62(50)53-22-8-13-27-59(53)66-60-28-14-9-23-54(60)62/h1-37H. The molecule has 11 aromatic rings. The lowest BCUT2D eigenvalue weighted by Gasteiger charge is -2.40. The summed E-state index contributed by atoms with van der Waals surface area (Å²) < 4.78 is 2.61. The van der Waals surface area contributed by atoms with E-state index >= 15 is 0 Å². The van der Waals surface area contributed by atoms with Crippen molar-refractivity contribution in [2.75, 3.05) is 4.90 Å². The molecule has 2 aliphatic carbocycles. The molecule has 0 amide bonds. The second kappa shape index (κ2) is 13.7. The molecule has 2 spiro atoms. The number of fused-ring (bicyclic) bond motifs is 21. The minimum Gasteiger partial charge on any atom is -0.310 e. The number of hydrogen-bond donors (Lipinski definition) is 0. The predicted octanol–water partition coefficient (Wildman–Crippen LogP) is 17.2. The molecule has 4 aliphatic rings. The van der Waals surface area contributed by atoms with Crippen LogP contribution in [-0.2, 0) is 10.8 Å². The SMILES string of the molecule is c1ccc2c(c1)Sc1ccccc1C21c2ccccc2-c2cc(N(c3ccc4c(c3)-c3ccccc3C43c4ccccc4Sc4ccccc43)c3ccc4sc5ccccc5c4c3)ccc21. The maximum Gasteiger partial charge on any atom is 0.0735 e. The van der Waals surface area contributed by atoms with Crippen LogP contribution in [0.1, 0.15) is 44.5 Å². The maximum absolute atomic E-state index is 2.52. The van der Waals surface area contributed by atoms with Gasteiger partial charge >= 0.3 is 0 Å². The molecule has 3 heterocycles. The zero-order valence-electron chi connectivity index (χ0n) is 35.5. The Morgan fingerprint density at radius 2 is 0.636 bits per heavy atom. The van der Waals surface area contributed by atoms with E-state index in [1.54, 1.807) is 0 Å². The molecule has 10 aromatic carbocycles. The lowest BCUT2D eigenvalue weighted by atomic mass is 9.67. The Balaban J connectivity index is 0.994. The van der Waals surface area contributed by atoms with E-state index < -0.39 is 10.8 Å². The van der Waals surface area contributed by atoms with Crippen LogP contribution in [0.25, 0.3) is 42.4 Å². The summed E-state index contributed by atoms with van der Waals surface area (Å²) in [4.78, 5) is 7.79. The molecule has 2 aliphatic heterocycles. The second-order valence-electron chi connectivity index (χ2n) is 17.9. The number of thiophene rings is 1. The van der Waals surface area contributed by atoms with Gasteiger partial charge in [0, 0.05) is 56.8 Å². The fourth-order valence-corrected chi connectivity index (χ4v) is 15.7. The molecular weight excluding hydrogens is 855 g/mol. The van der Waals surface area contributed by atoms with E-state index in [1.165, 1.54) is 107 Å². The van der Waals surface area contributed by atoms with E-state index in [2.05, 4.69) is 229 Å². The highest BCUT2D eigenvalue weighted by atomic mass is 32.2. The highest BCUT2D eigenvalue weighted by Gasteiger charge is 2.52. The molecule has 1 nitrogen and oxygen atoms in total. The smallest absolute Gasteiger partial charge is 0.0735 e. The third-order valence-electron chi connectivity index (χ3n) is 14.8. The molecule has 0 radical (unpaired) electrons. The lowest BCUT2D eigenvalue weighted by Crippen LogP contribution is -2.32. The molecule has 4 heteroatoms. The van der Waals surface area contributed by atoms with Gasteiger partial charge in [0.15, 0.2) is 0 Å². The summed E-state index contributed by atoms with van der Waals surface area (Å²) in [6.45, 7) is 0. The average molecular weight is 892 g/mol. The van der Waals surface area contributed by atoms with Gasteiger partial charge in [-0.05, 0) is 140 Å². The number of rotatable bonds is 3. The van der Waals surface area contributed by atoms with Crippen molar-refractivity contribution in [1.82, 2.24) is 0 Å². The highest BCUT2D eigenvalue weighted by molar-refractivity contribution is 7.99. The fourth-order valence-electron chi connectivity index (χ4n) is 12.3. The van der Waals surface area contributed by atoms with Gasteiger partial charge in [-0.1, -0.05) is 175 Å². The molecular formula is C62H37NS3. The highest BCUT2D eigenvalue weighted by Crippen LogP contribution is 2.65. The third-order valence-corrected chi connectivity index (χ3v) is 18.3. The summed E-state index contributed by atoms with van der Waals surface area (Å²) in [5, 5.41) is 2.59. The summed E-state index contributed by atoms with van der Waals surface area (Å²) in [5.74, 6) is 0. The van der Waals surface area contributed by atoms with Crippen molar-refractivity contribution in [1.29, 1.82) is 0 Å². The van der Waals surface area contributed by atoms with E-state index in [0.29, 0.717) is 0 Å².